The number of thiazole rings is 1. The highest BCUT2D eigenvalue weighted by Crippen LogP contribution is 2.40. The predicted octanol–water partition coefficient (Wildman–Crippen LogP) is 3.67. The van der Waals surface area contributed by atoms with E-state index >= 15 is 0 Å². The lowest BCUT2D eigenvalue weighted by atomic mass is 9.93. The average molecular weight is 541 g/mol. The monoisotopic (exact) mass is 540 g/mol. The number of esters is 1. The van der Waals surface area contributed by atoms with E-state index in [1.54, 1.807) is 36.8 Å². The van der Waals surface area contributed by atoms with Crippen LogP contribution in [0, 0.1) is 0 Å². The third-order valence-electron chi connectivity index (χ3n) is 6.51. The van der Waals surface area contributed by atoms with Crippen LogP contribution in [0.25, 0.3) is 11.8 Å². The van der Waals surface area contributed by atoms with Crippen LogP contribution in [0.1, 0.15) is 29.7 Å². The molecule has 0 aliphatic carbocycles. The van der Waals surface area contributed by atoms with Crippen molar-refractivity contribution in [2.75, 3.05) is 20.5 Å². The van der Waals surface area contributed by atoms with Crippen molar-refractivity contribution in [3.8, 4) is 17.2 Å². The molecule has 6 rings (SSSR count). The molecule has 1 aromatic heterocycles. The molecule has 0 saturated carbocycles. The van der Waals surface area contributed by atoms with Crippen molar-refractivity contribution in [2.24, 2.45) is 4.99 Å². The van der Waals surface area contributed by atoms with Crippen LogP contribution < -0.4 is 29.1 Å². The van der Waals surface area contributed by atoms with E-state index in [9.17, 15) is 9.59 Å². The Morgan fingerprint density at radius 1 is 1.08 bits per heavy atom. The second-order valence-electron chi connectivity index (χ2n) is 8.79. The highest BCUT2D eigenvalue weighted by Gasteiger charge is 2.36. The topological polar surface area (TPSA) is 88.4 Å². The third-order valence-corrected chi connectivity index (χ3v) is 7.49. The van der Waals surface area contributed by atoms with Gasteiger partial charge in [0.05, 0.1) is 35.6 Å². The number of nitrogens with zero attached hydrogens (tertiary/aromatic N) is 2. The Bertz CT molecular complexity index is 1790. The minimum absolute atomic E-state index is 0.107. The Hall–Kier alpha value is -4.63. The molecule has 0 amide bonds. The number of para-hydroxylation sites is 1. The maximum atomic E-state index is 14.0. The number of carbonyl (C=O) groups excluding carboxylic acids is 1. The summed E-state index contributed by atoms with van der Waals surface area (Å²) in [5.74, 6) is 1.26. The molecule has 39 heavy (non-hydrogen) atoms. The Kier molecular flexibility index (Phi) is 6.50. The predicted molar refractivity (Wildman–Crippen MR) is 147 cm³/mol. The molecule has 2 aliphatic rings. The molecule has 0 saturated heterocycles. The van der Waals surface area contributed by atoms with Crippen molar-refractivity contribution < 1.29 is 23.7 Å². The van der Waals surface area contributed by atoms with Gasteiger partial charge in [-0.3, -0.25) is 9.36 Å². The van der Waals surface area contributed by atoms with E-state index in [0.717, 1.165) is 11.1 Å². The largest absolute Gasteiger partial charge is 0.496 e. The minimum atomic E-state index is -0.801. The van der Waals surface area contributed by atoms with Gasteiger partial charge in [0.25, 0.3) is 5.56 Å². The van der Waals surface area contributed by atoms with Crippen LogP contribution in [0.2, 0.25) is 0 Å². The number of hydrogen-bond acceptors (Lipinski definition) is 8. The number of carbonyl (C=O) groups is 1. The van der Waals surface area contributed by atoms with Gasteiger partial charge in [-0.2, -0.15) is 0 Å². The SMILES string of the molecule is CCOC(=O)C1=C(c2ccccc2)N=c2sc(=Cc3ccccc3OC)c(=O)n2[C@H]1c1ccc2c(c1)OCO2. The highest BCUT2D eigenvalue weighted by molar-refractivity contribution is 7.07. The summed E-state index contributed by atoms with van der Waals surface area (Å²) in [5, 5.41) is 0. The quantitative estimate of drug-likeness (QED) is 0.347. The second-order valence-corrected chi connectivity index (χ2v) is 9.80. The minimum Gasteiger partial charge on any atom is -0.496 e. The molecule has 196 valence electrons. The summed E-state index contributed by atoms with van der Waals surface area (Å²) in [4.78, 5) is 32.9. The second kappa shape index (κ2) is 10.3. The Labute approximate surface area is 227 Å². The first-order valence-corrected chi connectivity index (χ1v) is 13.2. The van der Waals surface area contributed by atoms with Crippen LogP contribution in [0.5, 0.6) is 17.2 Å². The Morgan fingerprint density at radius 3 is 2.64 bits per heavy atom. The number of benzene rings is 3. The van der Waals surface area contributed by atoms with Crippen molar-refractivity contribution in [1.82, 2.24) is 4.57 Å². The van der Waals surface area contributed by atoms with Crippen LogP contribution in [-0.4, -0.2) is 31.0 Å². The molecular formula is C30H24N2O6S. The van der Waals surface area contributed by atoms with Crippen LogP contribution in [0.15, 0.2) is 88.2 Å². The van der Waals surface area contributed by atoms with Gasteiger partial charge in [-0.1, -0.05) is 65.9 Å². The normalized spacial score (nSPS) is 16.1. The summed E-state index contributed by atoms with van der Waals surface area (Å²) in [6.07, 6.45) is 1.79. The summed E-state index contributed by atoms with van der Waals surface area (Å²) < 4.78 is 24.2. The summed E-state index contributed by atoms with van der Waals surface area (Å²) in [5.41, 5.74) is 2.64. The van der Waals surface area contributed by atoms with Gasteiger partial charge in [-0.25, -0.2) is 9.79 Å². The first-order valence-electron chi connectivity index (χ1n) is 12.4. The van der Waals surface area contributed by atoms with Gasteiger partial charge >= 0.3 is 5.97 Å². The molecule has 0 spiro atoms. The van der Waals surface area contributed by atoms with E-state index in [4.69, 9.17) is 23.9 Å². The number of methoxy groups -OCH3 is 1. The number of hydrogen-bond donors (Lipinski definition) is 0. The summed E-state index contributed by atoms with van der Waals surface area (Å²) >= 11 is 1.26. The standard InChI is InChI=1S/C30H24N2O6S/c1-3-36-29(34)25-26(18-9-5-4-6-10-18)31-30-32(27(25)20-13-14-22-23(15-20)38-17-37-22)28(33)24(39-30)16-19-11-7-8-12-21(19)35-2/h4-16,27H,3,17H2,1-2H3/t27-/m0/s1. The highest BCUT2D eigenvalue weighted by atomic mass is 32.1. The fraction of sp³-hybridized carbons (Fsp3) is 0.167. The van der Waals surface area contributed by atoms with E-state index in [2.05, 4.69) is 0 Å². The zero-order chi connectivity index (χ0) is 26.9. The van der Waals surface area contributed by atoms with Gasteiger partial charge in [0.1, 0.15) is 5.75 Å². The van der Waals surface area contributed by atoms with Crippen molar-refractivity contribution >= 4 is 29.1 Å². The molecule has 1 atom stereocenters. The molecule has 3 heterocycles. The zero-order valence-electron chi connectivity index (χ0n) is 21.2. The lowest BCUT2D eigenvalue weighted by molar-refractivity contribution is -0.138. The Morgan fingerprint density at radius 2 is 1.85 bits per heavy atom. The van der Waals surface area contributed by atoms with Gasteiger partial charge in [0.2, 0.25) is 6.79 Å². The maximum Gasteiger partial charge on any atom is 0.338 e. The first-order chi connectivity index (χ1) is 19.1. The Balaban J connectivity index is 1.65. The van der Waals surface area contributed by atoms with Gasteiger partial charge in [0, 0.05) is 11.1 Å². The molecule has 3 aromatic carbocycles. The zero-order valence-corrected chi connectivity index (χ0v) is 22.1. The van der Waals surface area contributed by atoms with Crippen LogP contribution in [-0.2, 0) is 9.53 Å². The van der Waals surface area contributed by atoms with Crippen molar-refractivity contribution in [3.05, 3.63) is 115 Å². The lowest BCUT2D eigenvalue weighted by Crippen LogP contribution is -2.40. The average Bonchev–Trinajstić information content (AvgIpc) is 3.56. The van der Waals surface area contributed by atoms with E-state index in [-0.39, 0.29) is 24.5 Å². The molecule has 0 N–H and O–H groups in total. The number of ether oxygens (including phenoxy) is 4. The van der Waals surface area contributed by atoms with E-state index in [0.29, 0.717) is 37.8 Å². The van der Waals surface area contributed by atoms with E-state index in [1.165, 1.54) is 11.3 Å². The number of rotatable bonds is 6. The van der Waals surface area contributed by atoms with E-state index < -0.39 is 12.0 Å². The summed E-state index contributed by atoms with van der Waals surface area (Å²) in [7, 11) is 1.59. The molecule has 0 unspecified atom stereocenters. The van der Waals surface area contributed by atoms with Gasteiger partial charge in [-0.05, 0) is 36.8 Å². The molecule has 0 bridgehead atoms. The van der Waals surface area contributed by atoms with E-state index in [1.807, 2.05) is 60.7 Å². The number of aromatic nitrogens is 1. The fourth-order valence-electron chi connectivity index (χ4n) is 4.77. The fourth-order valence-corrected chi connectivity index (χ4v) is 5.76. The van der Waals surface area contributed by atoms with Crippen LogP contribution in [0.4, 0.5) is 0 Å². The molecule has 4 aromatic rings. The van der Waals surface area contributed by atoms with Crippen molar-refractivity contribution in [3.63, 3.8) is 0 Å². The smallest absolute Gasteiger partial charge is 0.338 e. The van der Waals surface area contributed by atoms with Gasteiger partial charge in [0.15, 0.2) is 16.3 Å². The van der Waals surface area contributed by atoms with Crippen LogP contribution in [0.3, 0.4) is 0 Å². The molecule has 2 aliphatic heterocycles. The van der Waals surface area contributed by atoms with Crippen molar-refractivity contribution in [2.45, 2.75) is 13.0 Å². The summed E-state index contributed by atoms with van der Waals surface area (Å²) in [6, 6.07) is 21.5. The molecule has 9 heteroatoms. The third kappa shape index (κ3) is 4.40. The summed E-state index contributed by atoms with van der Waals surface area (Å²) in [6.45, 7) is 2.03. The van der Waals surface area contributed by atoms with Crippen molar-refractivity contribution in [1.29, 1.82) is 0 Å². The van der Waals surface area contributed by atoms with Gasteiger partial charge < -0.3 is 18.9 Å². The molecule has 8 nitrogen and oxygen atoms in total. The van der Waals surface area contributed by atoms with Crippen LogP contribution >= 0.6 is 11.3 Å². The molecular weight excluding hydrogens is 516 g/mol. The van der Waals surface area contributed by atoms with Gasteiger partial charge in [-0.15, -0.1) is 0 Å². The first kappa shape index (κ1) is 24.7. The molecule has 0 fully saturated rings. The number of fused-ring (bicyclic) bond motifs is 2. The maximum absolute atomic E-state index is 14.0. The lowest BCUT2D eigenvalue weighted by Gasteiger charge is -2.26. The molecule has 0 radical (unpaired) electrons.